The lowest BCUT2D eigenvalue weighted by molar-refractivity contribution is -0.175. The number of carbonyl (C=O) groups excluding carboxylic acids is 1. The summed E-state index contributed by atoms with van der Waals surface area (Å²) in [6, 6.07) is 12.9. The maximum absolute atomic E-state index is 12.3. The van der Waals surface area contributed by atoms with Crippen molar-refractivity contribution in [2.75, 3.05) is 0 Å². The van der Waals surface area contributed by atoms with Crippen LogP contribution in [0.4, 0.5) is 13.2 Å². The third-order valence-electron chi connectivity index (χ3n) is 3.24. The number of carbonyl (C=O) groups is 2. The molecule has 0 fully saturated rings. The molecule has 2 N–H and O–H groups in total. The summed E-state index contributed by atoms with van der Waals surface area (Å²) in [5.41, 5.74) is 0.921. The van der Waals surface area contributed by atoms with Crippen LogP contribution in [0.3, 0.4) is 0 Å². The van der Waals surface area contributed by atoms with E-state index < -0.39 is 24.1 Å². The molecular weight excluding hydrogens is 339 g/mol. The SMILES string of the molecule is O=C(O)C(NC(=O)C(F)(F)F)c1ccc(OCc2ccccc2)cc1. The van der Waals surface area contributed by atoms with Crippen LogP contribution in [0, 0.1) is 0 Å². The molecule has 0 aliphatic carbocycles. The number of halogens is 3. The lowest BCUT2D eigenvalue weighted by atomic mass is 10.1. The molecule has 0 heterocycles. The molecule has 1 atom stereocenters. The van der Waals surface area contributed by atoms with Gasteiger partial charge in [0.1, 0.15) is 12.4 Å². The smallest absolute Gasteiger partial charge is 0.471 e. The third-order valence-corrected chi connectivity index (χ3v) is 3.24. The van der Waals surface area contributed by atoms with Gasteiger partial charge in [-0.1, -0.05) is 42.5 Å². The zero-order valence-electron chi connectivity index (χ0n) is 12.8. The quantitative estimate of drug-likeness (QED) is 0.837. The number of carboxylic acids is 1. The van der Waals surface area contributed by atoms with Crippen LogP contribution in [-0.2, 0) is 16.2 Å². The number of benzene rings is 2. The molecular formula is C17H14F3NO4. The fourth-order valence-corrected chi connectivity index (χ4v) is 2.00. The van der Waals surface area contributed by atoms with Gasteiger partial charge in [-0.25, -0.2) is 4.79 Å². The van der Waals surface area contributed by atoms with E-state index in [1.807, 2.05) is 30.3 Å². The number of rotatable bonds is 6. The van der Waals surface area contributed by atoms with Crippen LogP contribution < -0.4 is 10.1 Å². The Bertz CT molecular complexity index is 730. The van der Waals surface area contributed by atoms with Gasteiger partial charge in [-0.05, 0) is 23.3 Å². The molecule has 2 rings (SSSR count). The molecule has 1 unspecified atom stereocenters. The van der Waals surface area contributed by atoms with E-state index >= 15 is 0 Å². The zero-order valence-corrected chi connectivity index (χ0v) is 12.8. The highest BCUT2D eigenvalue weighted by Crippen LogP contribution is 2.22. The Hall–Kier alpha value is -3.03. The lowest BCUT2D eigenvalue weighted by Gasteiger charge is -2.16. The van der Waals surface area contributed by atoms with Crippen LogP contribution in [-0.4, -0.2) is 23.2 Å². The van der Waals surface area contributed by atoms with Crippen LogP contribution in [0.1, 0.15) is 17.2 Å². The fourth-order valence-electron chi connectivity index (χ4n) is 2.00. The highest BCUT2D eigenvalue weighted by molar-refractivity contribution is 5.87. The largest absolute Gasteiger partial charge is 0.489 e. The standard InChI is InChI=1S/C17H14F3NO4/c18-17(19,20)16(24)21-14(15(22)23)12-6-8-13(9-7-12)25-10-11-4-2-1-3-5-11/h1-9,14H,10H2,(H,21,24)(H,22,23). The first-order chi connectivity index (χ1) is 11.8. The van der Waals surface area contributed by atoms with Crippen molar-refractivity contribution in [3.63, 3.8) is 0 Å². The molecule has 0 aliphatic heterocycles. The Morgan fingerprint density at radius 1 is 1.04 bits per heavy atom. The zero-order chi connectivity index (χ0) is 18.4. The van der Waals surface area contributed by atoms with Crippen molar-refractivity contribution < 1.29 is 32.6 Å². The van der Waals surface area contributed by atoms with E-state index in [-0.39, 0.29) is 12.2 Å². The number of nitrogens with one attached hydrogen (secondary N) is 1. The van der Waals surface area contributed by atoms with Crippen LogP contribution in [0.5, 0.6) is 5.75 Å². The minimum absolute atomic E-state index is 0.00263. The van der Waals surface area contributed by atoms with Crippen LogP contribution in [0.2, 0.25) is 0 Å². The number of hydrogen-bond acceptors (Lipinski definition) is 3. The van der Waals surface area contributed by atoms with Gasteiger partial charge in [-0.15, -0.1) is 0 Å². The van der Waals surface area contributed by atoms with E-state index in [0.717, 1.165) is 5.56 Å². The number of aliphatic carboxylic acids is 1. The molecule has 0 saturated carbocycles. The average Bonchev–Trinajstić information content (AvgIpc) is 2.58. The van der Waals surface area contributed by atoms with Crippen LogP contribution in [0.25, 0.3) is 0 Å². The van der Waals surface area contributed by atoms with Gasteiger partial charge in [0.05, 0.1) is 0 Å². The first-order valence-corrected chi connectivity index (χ1v) is 7.14. The van der Waals surface area contributed by atoms with E-state index in [0.29, 0.717) is 5.75 Å². The molecule has 8 heteroatoms. The number of hydrogen-bond donors (Lipinski definition) is 2. The second kappa shape index (κ2) is 7.69. The van der Waals surface area contributed by atoms with Gasteiger partial charge in [0.25, 0.3) is 0 Å². The minimum atomic E-state index is -5.16. The Balaban J connectivity index is 2.05. The van der Waals surface area contributed by atoms with Gasteiger partial charge in [-0.2, -0.15) is 13.2 Å². The third kappa shape index (κ3) is 5.23. The molecule has 0 spiro atoms. The Kier molecular flexibility index (Phi) is 5.63. The first kappa shape index (κ1) is 18.3. The topological polar surface area (TPSA) is 75.6 Å². The summed E-state index contributed by atoms with van der Waals surface area (Å²) in [5.74, 6) is -3.50. The lowest BCUT2D eigenvalue weighted by Crippen LogP contribution is -2.41. The Morgan fingerprint density at radius 2 is 1.64 bits per heavy atom. The summed E-state index contributed by atoms with van der Waals surface area (Å²) in [6.45, 7) is 0.285. The summed E-state index contributed by atoms with van der Waals surface area (Å²) in [5, 5.41) is 10.5. The summed E-state index contributed by atoms with van der Waals surface area (Å²) < 4.78 is 42.4. The van der Waals surface area contributed by atoms with Gasteiger partial charge < -0.3 is 15.2 Å². The van der Waals surface area contributed by atoms with E-state index in [2.05, 4.69) is 0 Å². The first-order valence-electron chi connectivity index (χ1n) is 7.14. The van der Waals surface area contributed by atoms with Crippen molar-refractivity contribution in [3.8, 4) is 5.75 Å². The van der Waals surface area contributed by atoms with Crippen LogP contribution in [0.15, 0.2) is 54.6 Å². The van der Waals surface area contributed by atoms with Gasteiger partial charge in [0, 0.05) is 0 Å². The van der Waals surface area contributed by atoms with Gasteiger partial charge in [0.15, 0.2) is 6.04 Å². The Morgan fingerprint density at radius 3 is 2.16 bits per heavy atom. The number of ether oxygens (including phenoxy) is 1. The molecule has 5 nitrogen and oxygen atoms in total. The number of amides is 1. The van der Waals surface area contributed by atoms with Crippen molar-refractivity contribution in [3.05, 3.63) is 65.7 Å². The van der Waals surface area contributed by atoms with E-state index in [4.69, 9.17) is 9.84 Å². The summed E-state index contributed by atoms with van der Waals surface area (Å²) >= 11 is 0. The van der Waals surface area contributed by atoms with Crippen molar-refractivity contribution in [2.24, 2.45) is 0 Å². The molecule has 25 heavy (non-hydrogen) atoms. The highest BCUT2D eigenvalue weighted by atomic mass is 19.4. The molecule has 0 aromatic heterocycles. The predicted molar refractivity (Wildman–Crippen MR) is 81.8 cm³/mol. The fraction of sp³-hybridized carbons (Fsp3) is 0.176. The molecule has 0 aliphatic rings. The van der Waals surface area contributed by atoms with Crippen molar-refractivity contribution in [1.29, 1.82) is 0 Å². The van der Waals surface area contributed by atoms with Crippen molar-refractivity contribution in [2.45, 2.75) is 18.8 Å². The van der Waals surface area contributed by atoms with Gasteiger partial charge in [0.2, 0.25) is 0 Å². The maximum Gasteiger partial charge on any atom is 0.471 e. The second-order valence-electron chi connectivity index (χ2n) is 5.09. The van der Waals surface area contributed by atoms with Gasteiger partial charge in [-0.3, -0.25) is 4.79 Å². The van der Waals surface area contributed by atoms with E-state index in [9.17, 15) is 22.8 Å². The molecule has 1 amide bonds. The van der Waals surface area contributed by atoms with Crippen molar-refractivity contribution in [1.82, 2.24) is 5.32 Å². The summed E-state index contributed by atoms with van der Waals surface area (Å²) in [7, 11) is 0. The predicted octanol–water partition coefficient (Wildman–Crippen LogP) is 3.07. The molecule has 132 valence electrons. The van der Waals surface area contributed by atoms with Crippen molar-refractivity contribution >= 4 is 11.9 Å². The molecule has 2 aromatic carbocycles. The molecule has 0 bridgehead atoms. The van der Waals surface area contributed by atoms with E-state index in [1.165, 1.54) is 29.6 Å². The average molecular weight is 353 g/mol. The summed E-state index contributed by atoms with van der Waals surface area (Å²) in [6.07, 6.45) is -5.16. The maximum atomic E-state index is 12.3. The number of alkyl halides is 3. The minimum Gasteiger partial charge on any atom is -0.489 e. The Labute approximate surface area is 141 Å². The molecule has 0 saturated heterocycles. The van der Waals surface area contributed by atoms with Crippen LogP contribution >= 0.6 is 0 Å². The number of carboxylic acid groups (broad SMARTS) is 1. The molecule has 0 radical (unpaired) electrons. The summed E-state index contributed by atoms with van der Waals surface area (Å²) in [4.78, 5) is 22.1. The second-order valence-corrected chi connectivity index (χ2v) is 5.09. The normalized spacial score (nSPS) is 12.3. The van der Waals surface area contributed by atoms with E-state index in [1.54, 1.807) is 0 Å². The van der Waals surface area contributed by atoms with Gasteiger partial charge >= 0.3 is 18.1 Å². The monoisotopic (exact) mass is 353 g/mol. The highest BCUT2D eigenvalue weighted by Gasteiger charge is 2.41. The molecule has 2 aromatic rings.